The highest BCUT2D eigenvalue weighted by Gasteiger charge is 2.25. The van der Waals surface area contributed by atoms with Crippen molar-refractivity contribution in [2.24, 2.45) is 0 Å². The molecule has 1 aliphatic rings. The molecule has 28 heavy (non-hydrogen) atoms. The number of carbonyl (C=O) groups excluding carboxylic acids is 1. The number of pyridine rings is 1. The summed E-state index contributed by atoms with van der Waals surface area (Å²) in [5.74, 6) is 0.812. The van der Waals surface area contributed by atoms with E-state index in [1.807, 2.05) is 41.3 Å². The van der Waals surface area contributed by atoms with E-state index in [0.29, 0.717) is 24.0 Å². The van der Waals surface area contributed by atoms with E-state index in [2.05, 4.69) is 17.2 Å². The van der Waals surface area contributed by atoms with Gasteiger partial charge in [0, 0.05) is 36.1 Å². The van der Waals surface area contributed by atoms with Gasteiger partial charge in [0.1, 0.15) is 12.4 Å². The average Bonchev–Trinajstić information content (AvgIpc) is 2.71. The van der Waals surface area contributed by atoms with Gasteiger partial charge in [-0.25, -0.2) is 0 Å². The normalized spacial score (nSPS) is 13.8. The summed E-state index contributed by atoms with van der Waals surface area (Å²) in [7, 11) is 0. The zero-order chi connectivity index (χ0) is 18.2. The Morgan fingerprint density at radius 3 is 2.68 bits per heavy atom. The minimum absolute atomic E-state index is 0. The lowest BCUT2D eigenvalue weighted by atomic mass is 10.0. The number of hydrogen-bond donors (Lipinski definition) is 1. The number of rotatable bonds is 7. The molecule has 1 amide bonds. The monoisotopic (exact) mass is 425 g/mol. The maximum Gasteiger partial charge on any atom is 0.254 e. The minimum atomic E-state index is 0. The molecule has 0 radical (unpaired) electrons. The first kappa shape index (κ1) is 24.2. The number of piperidine rings is 1. The van der Waals surface area contributed by atoms with Crippen LogP contribution in [0.2, 0.25) is 0 Å². The zero-order valence-electron chi connectivity index (χ0n) is 16.2. The van der Waals surface area contributed by atoms with Crippen LogP contribution in [0.15, 0.2) is 48.8 Å². The van der Waals surface area contributed by atoms with Gasteiger partial charge >= 0.3 is 0 Å². The van der Waals surface area contributed by atoms with Crippen LogP contribution in [-0.2, 0) is 6.61 Å². The Morgan fingerprint density at radius 2 is 2.00 bits per heavy atom. The third-order valence-corrected chi connectivity index (χ3v) is 4.68. The van der Waals surface area contributed by atoms with Gasteiger partial charge in [-0.15, -0.1) is 24.8 Å². The molecule has 0 aliphatic carbocycles. The number of nitrogens with one attached hydrogen (secondary N) is 1. The quantitative estimate of drug-likeness (QED) is 0.724. The van der Waals surface area contributed by atoms with Crippen LogP contribution in [0.4, 0.5) is 0 Å². The van der Waals surface area contributed by atoms with E-state index >= 15 is 0 Å². The SMILES string of the molecule is CCCN(C(=O)c1cccc(OCc2cccnc2)c1)C1CCNCC1.Cl.Cl. The summed E-state index contributed by atoms with van der Waals surface area (Å²) in [5.41, 5.74) is 1.70. The Labute approximate surface area is 179 Å². The predicted molar refractivity (Wildman–Crippen MR) is 117 cm³/mol. The Morgan fingerprint density at radius 1 is 1.21 bits per heavy atom. The van der Waals surface area contributed by atoms with Gasteiger partial charge in [0.05, 0.1) is 0 Å². The van der Waals surface area contributed by atoms with Gasteiger partial charge in [-0.05, 0) is 56.6 Å². The maximum absolute atomic E-state index is 13.1. The molecular formula is C21H29Cl2N3O2. The van der Waals surface area contributed by atoms with E-state index < -0.39 is 0 Å². The third kappa shape index (κ3) is 6.66. The summed E-state index contributed by atoms with van der Waals surface area (Å²) in [6.07, 6.45) is 6.53. The van der Waals surface area contributed by atoms with Crippen molar-refractivity contribution in [2.45, 2.75) is 38.8 Å². The van der Waals surface area contributed by atoms with Gasteiger partial charge in [0.25, 0.3) is 5.91 Å². The van der Waals surface area contributed by atoms with Crippen molar-refractivity contribution >= 4 is 30.7 Å². The molecule has 1 N–H and O–H groups in total. The van der Waals surface area contributed by atoms with E-state index in [1.165, 1.54) is 0 Å². The third-order valence-electron chi connectivity index (χ3n) is 4.68. The largest absolute Gasteiger partial charge is 0.489 e. The molecule has 0 atom stereocenters. The van der Waals surface area contributed by atoms with E-state index in [0.717, 1.165) is 44.5 Å². The summed E-state index contributed by atoms with van der Waals surface area (Å²) >= 11 is 0. The van der Waals surface area contributed by atoms with Crippen LogP contribution >= 0.6 is 24.8 Å². The summed E-state index contributed by atoms with van der Waals surface area (Å²) < 4.78 is 5.85. The Bertz CT molecular complexity index is 710. The second kappa shape index (κ2) is 12.6. The maximum atomic E-state index is 13.1. The molecule has 0 unspecified atom stereocenters. The topological polar surface area (TPSA) is 54.5 Å². The van der Waals surface area contributed by atoms with Gasteiger partial charge in [-0.1, -0.05) is 19.1 Å². The molecule has 1 aromatic carbocycles. The van der Waals surface area contributed by atoms with Gasteiger partial charge in [-0.3, -0.25) is 9.78 Å². The lowest BCUT2D eigenvalue weighted by Crippen LogP contribution is -2.46. The van der Waals surface area contributed by atoms with Crippen molar-refractivity contribution in [1.29, 1.82) is 0 Å². The van der Waals surface area contributed by atoms with Crippen LogP contribution in [-0.4, -0.2) is 41.5 Å². The van der Waals surface area contributed by atoms with E-state index in [4.69, 9.17) is 4.74 Å². The Hall–Kier alpha value is -1.82. The lowest BCUT2D eigenvalue weighted by Gasteiger charge is -2.34. The first-order valence-corrected chi connectivity index (χ1v) is 9.41. The number of ether oxygens (including phenoxy) is 1. The molecule has 7 heteroatoms. The van der Waals surface area contributed by atoms with Crippen LogP contribution in [0.1, 0.15) is 42.1 Å². The Kier molecular flexibility index (Phi) is 10.9. The van der Waals surface area contributed by atoms with Crippen LogP contribution in [0, 0.1) is 0 Å². The Balaban J connectivity index is 0.00000196. The fraction of sp³-hybridized carbons (Fsp3) is 0.429. The molecule has 1 aromatic heterocycles. The molecule has 3 rings (SSSR count). The molecule has 1 aliphatic heterocycles. The first-order chi connectivity index (χ1) is 12.8. The number of aromatic nitrogens is 1. The molecule has 2 heterocycles. The van der Waals surface area contributed by atoms with Gasteiger partial charge < -0.3 is 15.0 Å². The zero-order valence-corrected chi connectivity index (χ0v) is 17.8. The van der Waals surface area contributed by atoms with Gasteiger partial charge in [0.15, 0.2) is 0 Å². The molecule has 1 saturated heterocycles. The molecule has 5 nitrogen and oxygen atoms in total. The summed E-state index contributed by atoms with van der Waals surface area (Å²) in [6.45, 7) is 5.32. The highest BCUT2D eigenvalue weighted by molar-refractivity contribution is 5.94. The van der Waals surface area contributed by atoms with Crippen molar-refractivity contribution < 1.29 is 9.53 Å². The minimum Gasteiger partial charge on any atom is -0.489 e. The number of benzene rings is 1. The fourth-order valence-electron chi connectivity index (χ4n) is 3.34. The number of amides is 1. The lowest BCUT2D eigenvalue weighted by molar-refractivity contribution is 0.0642. The first-order valence-electron chi connectivity index (χ1n) is 9.41. The second-order valence-corrected chi connectivity index (χ2v) is 6.66. The molecule has 1 fully saturated rings. The van der Waals surface area contributed by atoms with Gasteiger partial charge in [0.2, 0.25) is 0 Å². The van der Waals surface area contributed by atoms with E-state index in [-0.39, 0.29) is 30.7 Å². The summed E-state index contributed by atoms with van der Waals surface area (Å²) in [5, 5.41) is 3.37. The number of carbonyl (C=O) groups is 1. The van der Waals surface area contributed by atoms with Crippen molar-refractivity contribution in [2.75, 3.05) is 19.6 Å². The molecule has 0 spiro atoms. The van der Waals surface area contributed by atoms with Crippen LogP contribution in [0.5, 0.6) is 5.75 Å². The highest BCUT2D eigenvalue weighted by atomic mass is 35.5. The van der Waals surface area contributed by atoms with E-state index in [1.54, 1.807) is 12.4 Å². The second-order valence-electron chi connectivity index (χ2n) is 6.66. The molecule has 2 aromatic rings. The fourth-order valence-corrected chi connectivity index (χ4v) is 3.34. The van der Waals surface area contributed by atoms with Crippen LogP contribution in [0.3, 0.4) is 0 Å². The van der Waals surface area contributed by atoms with Crippen LogP contribution < -0.4 is 10.1 Å². The smallest absolute Gasteiger partial charge is 0.254 e. The summed E-state index contributed by atoms with van der Waals surface area (Å²) in [4.78, 5) is 19.2. The number of hydrogen-bond acceptors (Lipinski definition) is 4. The molecular weight excluding hydrogens is 397 g/mol. The molecule has 154 valence electrons. The molecule has 0 bridgehead atoms. The standard InChI is InChI=1S/C21H27N3O2.2ClH/c1-2-13-24(19-8-11-22-12-9-19)21(25)18-6-3-7-20(14-18)26-16-17-5-4-10-23-15-17;;/h3-7,10,14-15,19,22H,2,8-9,11-13,16H2,1H3;2*1H. The number of nitrogens with zero attached hydrogens (tertiary/aromatic N) is 2. The van der Waals surface area contributed by atoms with Crippen molar-refractivity contribution in [1.82, 2.24) is 15.2 Å². The van der Waals surface area contributed by atoms with Gasteiger partial charge in [-0.2, -0.15) is 0 Å². The van der Waals surface area contributed by atoms with Crippen molar-refractivity contribution in [3.05, 3.63) is 59.9 Å². The van der Waals surface area contributed by atoms with Crippen molar-refractivity contribution in [3.63, 3.8) is 0 Å². The summed E-state index contributed by atoms with van der Waals surface area (Å²) in [6, 6.07) is 11.7. The molecule has 0 saturated carbocycles. The average molecular weight is 426 g/mol. The van der Waals surface area contributed by atoms with Crippen LogP contribution in [0.25, 0.3) is 0 Å². The predicted octanol–water partition coefficient (Wildman–Crippen LogP) is 4.11. The van der Waals surface area contributed by atoms with E-state index in [9.17, 15) is 4.79 Å². The number of halogens is 2. The van der Waals surface area contributed by atoms with Crippen molar-refractivity contribution in [3.8, 4) is 5.75 Å². The highest BCUT2D eigenvalue weighted by Crippen LogP contribution is 2.20.